The number of rotatable bonds is 1. The molecule has 0 N–H and O–H groups in total. The van der Waals surface area contributed by atoms with Crippen LogP contribution in [0, 0.1) is 0 Å². The van der Waals surface area contributed by atoms with E-state index in [-0.39, 0.29) is 5.56 Å². The second-order valence-corrected chi connectivity index (χ2v) is 1.65. The van der Waals surface area contributed by atoms with Gasteiger partial charge in [-0.25, -0.2) is 0 Å². The van der Waals surface area contributed by atoms with Gasteiger partial charge < -0.3 is 9.90 Å². The molecule has 1 rings (SSSR count). The monoisotopic (exact) mass is 164 g/mol. The van der Waals surface area contributed by atoms with Gasteiger partial charge in [0.25, 0.3) is 0 Å². The van der Waals surface area contributed by atoms with Crippen LogP contribution in [-0.4, -0.2) is 22.2 Å². The number of hydrogen-bond acceptors (Lipinski definition) is 3. The molecule has 0 aliphatic heterocycles. The van der Waals surface area contributed by atoms with Crippen molar-refractivity contribution in [2.45, 2.75) is 0 Å². The SMILES string of the molecule is O=C([O-])c1ccccc1.[O]=[Al+]. The van der Waals surface area contributed by atoms with E-state index in [0.717, 1.165) is 0 Å². The normalized spacial score (nSPS) is 7.82. The molecule has 1 aromatic rings. The molecular formula is C7H5AlO3. The zero-order chi connectivity index (χ0) is 8.69. The summed E-state index contributed by atoms with van der Waals surface area (Å²) in [5.74, 6) is -1.13. The van der Waals surface area contributed by atoms with E-state index in [1.807, 2.05) is 0 Å². The first kappa shape index (κ1) is 10.0. The number of carbonyl (C=O) groups is 1. The molecule has 0 aliphatic rings. The molecule has 0 fully saturated rings. The minimum atomic E-state index is -1.13. The summed E-state index contributed by atoms with van der Waals surface area (Å²) in [6.45, 7) is 0. The second-order valence-electron chi connectivity index (χ2n) is 1.65. The fourth-order valence-corrected chi connectivity index (χ4v) is 0.574. The first-order chi connectivity index (χ1) is 5.30. The van der Waals surface area contributed by atoms with Gasteiger partial charge >= 0.3 is 20.0 Å². The van der Waals surface area contributed by atoms with Crippen LogP contribution in [0.15, 0.2) is 30.3 Å². The number of carbonyl (C=O) groups excluding carboxylic acids is 1. The Labute approximate surface area is 72.3 Å². The summed E-state index contributed by atoms with van der Waals surface area (Å²) in [6.07, 6.45) is 0. The molecule has 0 spiro atoms. The van der Waals surface area contributed by atoms with Gasteiger partial charge in [0.05, 0.1) is 5.97 Å². The van der Waals surface area contributed by atoms with E-state index in [2.05, 4.69) is 0 Å². The Morgan fingerprint density at radius 1 is 1.18 bits per heavy atom. The number of aromatic carboxylic acids is 1. The molecule has 0 unspecified atom stereocenters. The molecular weight excluding hydrogens is 159 g/mol. The van der Waals surface area contributed by atoms with E-state index in [1.165, 1.54) is 28.4 Å². The van der Waals surface area contributed by atoms with Crippen molar-refractivity contribution in [2.24, 2.45) is 0 Å². The molecule has 54 valence electrons. The van der Waals surface area contributed by atoms with Crippen molar-refractivity contribution >= 4 is 22.2 Å². The van der Waals surface area contributed by atoms with Crippen LogP contribution in [0.4, 0.5) is 0 Å². The summed E-state index contributed by atoms with van der Waals surface area (Å²) < 4.78 is 8.17. The van der Waals surface area contributed by atoms with Gasteiger partial charge in [0, 0.05) is 0 Å². The zero-order valence-electron chi connectivity index (χ0n) is 5.69. The van der Waals surface area contributed by atoms with Crippen molar-refractivity contribution in [3.8, 4) is 0 Å². The van der Waals surface area contributed by atoms with Gasteiger partial charge in [0.15, 0.2) is 0 Å². The molecule has 0 aliphatic carbocycles. The summed E-state index contributed by atoms with van der Waals surface area (Å²) in [4.78, 5) is 10.1. The Morgan fingerprint density at radius 3 is 1.91 bits per heavy atom. The van der Waals surface area contributed by atoms with E-state index < -0.39 is 5.97 Å². The molecule has 0 atom stereocenters. The molecule has 4 heteroatoms. The Morgan fingerprint density at radius 2 is 1.64 bits per heavy atom. The van der Waals surface area contributed by atoms with Crippen LogP contribution in [0.1, 0.15) is 10.4 Å². The van der Waals surface area contributed by atoms with Crippen LogP contribution in [0.25, 0.3) is 0 Å². The van der Waals surface area contributed by atoms with Crippen molar-refractivity contribution in [3.63, 3.8) is 0 Å². The van der Waals surface area contributed by atoms with Crippen molar-refractivity contribution in [1.82, 2.24) is 0 Å². The van der Waals surface area contributed by atoms with Crippen molar-refractivity contribution < 1.29 is 13.7 Å². The average molecular weight is 164 g/mol. The van der Waals surface area contributed by atoms with E-state index in [1.54, 1.807) is 18.2 Å². The van der Waals surface area contributed by atoms with Gasteiger partial charge in [-0.1, -0.05) is 30.3 Å². The Balaban J connectivity index is 0.000000461. The van der Waals surface area contributed by atoms with Crippen LogP contribution in [0.2, 0.25) is 0 Å². The third-order valence-corrected chi connectivity index (χ3v) is 1.01. The fraction of sp³-hybridized carbons (Fsp3) is 0. The Hall–Kier alpha value is -0.978. The molecule has 0 radical (unpaired) electrons. The molecule has 3 nitrogen and oxygen atoms in total. The van der Waals surface area contributed by atoms with Gasteiger partial charge in [-0.05, 0) is 5.56 Å². The van der Waals surface area contributed by atoms with Crippen molar-refractivity contribution in [2.75, 3.05) is 0 Å². The molecule has 11 heavy (non-hydrogen) atoms. The van der Waals surface area contributed by atoms with Gasteiger partial charge in [-0.2, -0.15) is 0 Å². The molecule has 0 amide bonds. The van der Waals surface area contributed by atoms with Crippen molar-refractivity contribution in [1.29, 1.82) is 0 Å². The summed E-state index contributed by atoms with van der Waals surface area (Å²) in [6, 6.07) is 8.06. The van der Waals surface area contributed by atoms with Gasteiger partial charge in [0.1, 0.15) is 0 Å². The summed E-state index contributed by atoms with van der Waals surface area (Å²) in [5, 5.41) is 10.1. The predicted molar refractivity (Wildman–Crippen MR) is 37.2 cm³/mol. The maximum atomic E-state index is 10.1. The first-order valence-electron chi connectivity index (χ1n) is 2.80. The van der Waals surface area contributed by atoms with E-state index >= 15 is 0 Å². The van der Waals surface area contributed by atoms with Crippen LogP contribution in [-0.2, 0) is 3.80 Å². The predicted octanol–water partition coefficient (Wildman–Crippen LogP) is -0.450. The minimum absolute atomic E-state index is 0.220. The third kappa shape index (κ3) is 3.66. The van der Waals surface area contributed by atoms with Gasteiger partial charge in [-0.3, -0.25) is 0 Å². The number of hydrogen-bond donors (Lipinski definition) is 0. The molecule has 0 bridgehead atoms. The van der Waals surface area contributed by atoms with Crippen LogP contribution in [0.3, 0.4) is 0 Å². The number of carboxylic acid groups (broad SMARTS) is 1. The van der Waals surface area contributed by atoms with Gasteiger partial charge in [-0.15, -0.1) is 0 Å². The van der Waals surface area contributed by atoms with Crippen molar-refractivity contribution in [3.05, 3.63) is 35.9 Å². The van der Waals surface area contributed by atoms with E-state index in [4.69, 9.17) is 3.80 Å². The summed E-state index contributed by atoms with van der Waals surface area (Å²) >= 11 is 1.17. The van der Waals surface area contributed by atoms with Gasteiger partial charge in [0.2, 0.25) is 0 Å². The molecule has 0 saturated carbocycles. The van der Waals surface area contributed by atoms with E-state index in [0.29, 0.717) is 0 Å². The zero-order valence-corrected chi connectivity index (χ0v) is 6.84. The van der Waals surface area contributed by atoms with Crippen LogP contribution in [0.5, 0.6) is 0 Å². The Bertz CT molecular complexity index is 222. The van der Waals surface area contributed by atoms with Crippen LogP contribution < -0.4 is 5.11 Å². The molecule has 0 saturated heterocycles. The average Bonchev–Trinajstić information content (AvgIpc) is 2.10. The standard InChI is InChI=1S/C7H6O2.Al.O/c8-7(9)6-4-2-1-3-5-6;;/h1-5H,(H,8,9);;/q;+1;/p-1. The fourth-order valence-electron chi connectivity index (χ4n) is 0.574. The summed E-state index contributed by atoms with van der Waals surface area (Å²) in [5.41, 5.74) is 0.220. The Kier molecular flexibility index (Phi) is 5.27. The summed E-state index contributed by atoms with van der Waals surface area (Å²) in [7, 11) is 0. The third-order valence-electron chi connectivity index (χ3n) is 1.01. The van der Waals surface area contributed by atoms with Crippen LogP contribution >= 0.6 is 0 Å². The first-order valence-corrected chi connectivity index (χ1v) is 3.28. The van der Waals surface area contributed by atoms with E-state index in [9.17, 15) is 9.90 Å². The number of benzene rings is 1. The number of carboxylic acids is 1. The maximum absolute atomic E-state index is 10.1. The topological polar surface area (TPSA) is 57.2 Å². The molecule has 0 aromatic heterocycles. The molecule has 1 aromatic carbocycles. The quantitative estimate of drug-likeness (QED) is 0.528. The second kappa shape index (κ2) is 5.78. The molecule has 0 heterocycles.